The maximum absolute atomic E-state index is 13.2. The van der Waals surface area contributed by atoms with Gasteiger partial charge in [0.15, 0.2) is 0 Å². The summed E-state index contributed by atoms with van der Waals surface area (Å²) in [4.78, 5) is 16.7. The Labute approximate surface area is 194 Å². The molecule has 1 saturated carbocycles. The highest BCUT2D eigenvalue weighted by Crippen LogP contribution is 2.46. The topological polar surface area (TPSA) is 62.2 Å². The number of halogens is 4. The molecule has 33 heavy (non-hydrogen) atoms. The lowest BCUT2D eigenvalue weighted by Gasteiger charge is -2.23. The molecular formula is C25H22ClF3N2O2. The molecule has 1 aromatic heterocycles. The molecule has 1 amide bonds. The number of nitrogens with zero attached hydrogens (tertiary/aromatic N) is 1. The molecule has 3 aromatic rings. The van der Waals surface area contributed by atoms with Crippen molar-refractivity contribution in [2.45, 2.75) is 44.0 Å². The van der Waals surface area contributed by atoms with Crippen LogP contribution in [0.5, 0.6) is 0 Å². The Balaban J connectivity index is 1.61. The molecule has 0 radical (unpaired) electrons. The number of amides is 1. The first-order chi connectivity index (χ1) is 15.4. The van der Waals surface area contributed by atoms with Gasteiger partial charge in [-0.25, -0.2) is 0 Å². The minimum atomic E-state index is -4.56. The number of hydrogen-bond donors (Lipinski definition) is 2. The van der Waals surface area contributed by atoms with Gasteiger partial charge in [0.1, 0.15) is 0 Å². The maximum Gasteiger partial charge on any atom is 0.417 e. The second kappa shape index (κ2) is 8.15. The van der Waals surface area contributed by atoms with Crippen molar-refractivity contribution in [3.8, 4) is 11.3 Å². The molecule has 0 atom stereocenters. The van der Waals surface area contributed by atoms with E-state index >= 15 is 0 Å². The first-order valence-corrected chi connectivity index (χ1v) is 10.8. The zero-order chi connectivity index (χ0) is 24.0. The third-order valence-corrected chi connectivity index (χ3v) is 6.05. The summed E-state index contributed by atoms with van der Waals surface area (Å²) >= 11 is 5.88. The smallest absolute Gasteiger partial charge is 0.386 e. The van der Waals surface area contributed by atoms with Gasteiger partial charge in [0.25, 0.3) is 5.91 Å². The van der Waals surface area contributed by atoms with Crippen molar-refractivity contribution < 1.29 is 23.1 Å². The fourth-order valence-electron chi connectivity index (χ4n) is 3.76. The Morgan fingerprint density at radius 1 is 1.06 bits per heavy atom. The molecule has 0 aliphatic heterocycles. The molecule has 1 fully saturated rings. The average Bonchev–Trinajstić information content (AvgIpc) is 3.53. The zero-order valence-electron chi connectivity index (χ0n) is 18.0. The summed E-state index contributed by atoms with van der Waals surface area (Å²) in [5, 5.41) is 14.1. The monoisotopic (exact) mass is 474 g/mol. The molecule has 0 bridgehead atoms. The van der Waals surface area contributed by atoms with Crippen LogP contribution >= 0.6 is 11.6 Å². The lowest BCUT2D eigenvalue weighted by molar-refractivity contribution is -0.138. The van der Waals surface area contributed by atoms with Gasteiger partial charge in [-0.15, -0.1) is 0 Å². The molecule has 4 rings (SSSR count). The molecule has 0 unspecified atom stereocenters. The first kappa shape index (κ1) is 23.3. The van der Waals surface area contributed by atoms with Crippen molar-refractivity contribution in [1.82, 2.24) is 10.3 Å². The zero-order valence-corrected chi connectivity index (χ0v) is 18.8. The van der Waals surface area contributed by atoms with Crippen LogP contribution in [0.1, 0.15) is 53.7 Å². The van der Waals surface area contributed by atoms with Crippen LogP contribution in [-0.4, -0.2) is 16.0 Å². The van der Waals surface area contributed by atoms with E-state index in [1.165, 1.54) is 13.8 Å². The quantitative estimate of drug-likeness (QED) is 0.472. The third-order valence-electron chi connectivity index (χ3n) is 5.79. The summed E-state index contributed by atoms with van der Waals surface area (Å²) < 4.78 is 39.5. The van der Waals surface area contributed by atoms with Crippen LogP contribution in [-0.2, 0) is 17.3 Å². The van der Waals surface area contributed by atoms with E-state index < -0.39 is 22.9 Å². The first-order valence-electron chi connectivity index (χ1n) is 10.4. The van der Waals surface area contributed by atoms with Crippen LogP contribution in [0.3, 0.4) is 0 Å². The Kier molecular flexibility index (Phi) is 5.75. The van der Waals surface area contributed by atoms with E-state index in [0.29, 0.717) is 16.1 Å². The van der Waals surface area contributed by atoms with Gasteiger partial charge in [0.2, 0.25) is 0 Å². The van der Waals surface area contributed by atoms with Gasteiger partial charge in [-0.3, -0.25) is 9.78 Å². The van der Waals surface area contributed by atoms with Crippen LogP contribution in [0.15, 0.2) is 60.8 Å². The summed E-state index contributed by atoms with van der Waals surface area (Å²) in [6, 6.07) is 14.7. The van der Waals surface area contributed by atoms with Gasteiger partial charge in [0.05, 0.1) is 22.4 Å². The van der Waals surface area contributed by atoms with Gasteiger partial charge < -0.3 is 10.4 Å². The minimum Gasteiger partial charge on any atom is -0.386 e. The Morgan fingerprint density at radius 2 is 1.67 bits per heavy atom. The number of aromatic nitrogens is 1. The average molecular weight is 475 g/mol. The van der Waals surface area contributed by atoms with Crippen molar-refractivity contribution in [2.24, 2.45) is 0 Å². The molecule has 1 aliphatic carbocycles. The van der Waals surface area contributed by atoms with Gasteiger partial charge in [0, 0.05) is 27.9 Å². The normalized spacial score (nSPS) is 15.2. The Morgan fingerprint density at radius 3 is 2.18 bits per heavy atom. The number of carbonyl (C=O) groups is 1. The van der Waals surface area contributed by atoms with Gasteiger partial charge in [-0.2, -0.15) is 13.2 Å². The number of carbonyl (C=O) groups excluding carboxylic acids is 1. The van der Waals surface area contributed by atoms with Crippen molar-refractivity contribution in [2.75, 3.05) is 0 Å². The number of rotatable bonds is 5. The SMILES string of the molecule is CC(C)(O)c1cc(C(F)(F)F)cnc1-c1ccc(C2(NC(=O)c3ccc(Cl)cc3)CC2)cc1. The molecule has 8 heteroatoms. The number of pyridine rings is 1. The van der Waals surface area contributed by atoms with E-state index in [4.69, 9.17) is 11.6 Å². The second-order valence-electron chi connectivity index (χ2n) is 8.80. The Bertz CT molecular complexity index is 1180. The lowest BCUT2D eigenvalue weighted by Crippen LogP contribution is -2.34. The molecule has 4 nitrogen and oxygen atoms in total. The summed E-state index contributed by atoms with van der Waals surface area (Å²) in [6.07, 6.45) is -2.23. The highest BCUT2D eigenvalue weighted by atomic mass is 35.5. The molecule has 1 heterocycles. The number of benzene rings is 2. The lowest BCUT2D eigenvalue weighted by atomic mass is 9.91. The largest absolute Gasteiger partial charge is 0.417 e. The minimum absolute atomic E-state index is 0.0854. The van der Waals surface area contributed by atoms with Crippen LogP contribution in [0.25, 0.3) is 11.3 Å². The highest BCUT2D eigenvalue weighted by Gasteiger charge is 2.45. The highest BCUT2D eigenvalue weighted by molar-refractivity contribution is 6.30. The fourth-order valence-corrected chi connectivity index (χ4v) is 3.89. The predicted molar refractivity (Wildman–Crippen MR) is 120 cm³/mol. The molecule has 2 N–H and O–H groups in total. The van der Waals surface area contributed by atoms with E-state index in [0.717, 1.165) is 30.7 Å². The van der Waals surface area contributed by atoms with Gasteiger partial charge >= 0.3 is 6.18 Å². The Hall–Kier alpha value is -2.90. The van der Waals surface area contributed by atoms with E-state index in [2.05, 4.69) is 10.3 Å². The molecule has 172 valence electrons. The predicted octanol–water partition coefficient (Wildman–Crippen LogP) is 6.07. The number of nitrogens with one attached hydrogen (secondary N) is 1. The molecule has 1 aliphatic rings. The summed E-state index contributed by atoms with van der Waals surface area (Å²) in [5.41, 5.74) is -0.587. The van der Waals surface area contributed by atoms with Gasteiger partial charge in [-0.05, 0) is 62.6 Å². The van der Waals surface area contributed by atoms with Crippen molar-refractivity contribution in [3.05, 3.63) is 88.1 Å². The van der Waals surface area contributed by atoms with E-state index in [-0.39, 0.29) is 17.2 Å². The number of alkyl halides is 3. The van der Waals surface area contributed by atoms with Crippen LogP contribution in [0, 0.1) is 0 Å². The number of hydrogen-bond acceptors (Lipinski definition) is 3. The standard InChI is InChI=1S/C25H22ClF3N2O2/c1-23(2,33)20-13-18(25(27,28)29)14-30-21(20)15-3-7-17(8-4-15)24(11-12-24)31-22(32)16-5-9-19(26)10-6-16/h3-10,13-14,33H,11-12H2,1-2H3,(H,31,32). The van der Waals surface area contributed by atoms with Crippen LogP contribution in [0.4, 0.5) is 13.2 Å². The molecule has 2 aromatic carbocycles. The van der Waals surface area contributed by atoms with E-state index in [1.807, 2.05) is 12.1 Å². The van der Waals surface area contributed by atoms with Gasteiger partial charge in [-0.1, -0.05) is 35.9 Å². The summed E-state index contributed by atoms with van der Waals surface area (Å²) in [6.45, 7) is 2.85. The van der Waals surface area contributed by atoms with Crippen LogP contribution < -0.4 is 5.32 Å². The molecule has 0 spiro atoms. The second-order valence-corrected chi connectivity index (χ2v) is 9.23. The summed E-state index contributed by atoms with van der Waals surface area (Å²) in [7, 11) is 0. The van der Waals surface area contributed by atoms with Crippen molar-refractivity contribution in [1.29, 1.82) is 0 Å². The maximum atomic E-state index is 13.2. The third kappa shape index (κ3) is 4.89. The molecule has 0 saturated heterocycles. The molecular weight excluding hydrogens is 453 g/mol. The fraction of sp³-hybridized carbons (Fsp3) is 0.280. The van der Waals surface area contributed by atoms with E-state index in [9.17, 15) is 23.1 Å². The van der Waals surface area contributed by atoms with Crippen molar-refractivity contribution >= 4 is 17.5 Å². The van der Waals surface area contributed by atoms with Crippen LogP contribution in [0.2, 0.25) is 5.02 Å². The number of aliphatic hydroxyl groups is 1. The van der Waals surface area contributed by atoms with Crippen molar-refractivity contribution in [3.63, 3.8) is 0 Å². The summed E-state index contributed by atoms with van der Waals surface area (Å²) in [5.74, 6) is -0.207. The van der Waals surface area contributed by atoms with E-state index in [1.54, 1.807) is 36.4 Å².